The molecule has 2 aromatic carbocycles. The molecule has 2 amide bonds. The molecule has 3 rings (SSSR count). The van der Waals surface area contributed by atoms with Crippen LogP contribution < -0.4 is 10.0 Å². The SMILES string of the molecule is O=C(NCCNS(=O)(=O)c1cccc(Cl)c1)C1CCCN(C(=O)c2ccc(Cl)cc2)C1. The molecule has 7 nitrogen and oxygen atoms in total. The van der Waals surface area contributed by atoms with Gasteiger partial charge in [0.25, 0.3) is 5.91 Å². The summed E-state index contributed by atoms with van der Waals surface area (Å²) >= 11 is 11.7. The van der Waals surface area contributed by atoms with Gasteiger partial charge in [-0.15, -0.1) is 0 Å². The molecule has 1 aliphatic rings. The molecule has 166 valence electrons. The maximum atomic E-state index is 12.7. The zero-order chi connectivity index (χ0) is 22.4. The van der Waals surface area contributed by atoms with Crippen LogP contribution in [0, 0.1) is 5.92 Å². The average molecular weight is 484 g/mol. The summed E-state index contributed by atoms with van der Waals surface area (Å²) in [5, 5.41) is 3.63. The van der Waals surface area contributed by atoms with E-state index in [0.717, 1.165) is 6.42 Å². The summed E-state index contributed by atoms with van der Waals surface area (Å²) in [4.78, 5) is 26.9. The lowest BCUT2D eigenvalue weighted by molar-refractivity contribution is -0.126. The number of rotatable bonds is 7. The maximum absolute atomic E-state index is 12.7. The van der Waals surface area contributed by atoms with Crippen LogP contribution >= 0.6 is 23.2 Å². The summed E-state index contributed by atoms with van der Waals surface area (Å²) in [6.45, 7) is 1.09. The molecule has 0 saturated carbocycles. The van der Waals surface area contributed by atoms with Crippen LogP contribution in [-0.4, -0.2) is 51.3 Å². The van der Waals surface area contributed by atoms with E-state index in [1.54, 1.807) is 41.3 Å². The van der Waals surface area contributed by atoms with Crippen molar-refractivity contribution in [2.75, 3.05) is 26.2 Å². The summed E-state index contributed by atoms with van der Waals surface area (Å²) in [5.41, 5.74) is 0.529. The first-order valence-electron chi connectivity index (χ1n) is 9.84. The second-order valence-corrected chi connectivity index (χ2v) is 9.88. The predicted molar refractivity (Wildman–Crippen MR) is 120 cm³/mol. The molecule has 1 unspecified atom stereocenters. The van der Waals surface area contributed by atoms with E-state index in [9.17, 15) is 18.0 Å². The minimum Gasteiger partial charge on any atom is -0.354 e. The highest BCUT2D eigenvalue weighted by Gasteiger charge is 2.28. The number of benzene rings is 2. The summed E-state index contributed by atoms with van der Waals surface area (Å²) in [5.74, 6) is -0.673. The molecule has 0 radical (unpaired) electrons. The van der Waals surface area contributed by atoms with Crippen LogP contribution in [0.3, 0.4) is 0 Å². The molecule has 0 bridgehead atoms. The first-order valence-corrected chi connectivity index (χ1v) is 12.1. The molecule has 1 heterocycles. The van der Waals surface area contributed by atoms with E-state index in [2.05, 4.69) is 10.0 Å². The van der Waals surface area contributed by atoms with Gasteiger partial charge in [-0.25, -0.2) is 13.1 Å². The molecule has 0 aliphatic carbocycles. The monoisotopic (exact) mass is 483 g/mol. The lowest BCUT2D eigenvalue weighted by Crippen LogP contribution is -2.46. The normalized spacial score (nSPS) is 16.7. The smallest absolute Gasteiger partial charge is 0.253 e. The van der Waals surface area contributed by atoms with Crippen molar-refractivity contribution in [3.8, 4) is 0 Å². The molecule has 0 spiro atoms. The van der Waals surface area contributed by atoms with E-state index >= 15 is 0 Å². The van der Waals surface area contributed by atoms with Crippen LogP contribution in [0.5, 0.6) is 0 Å². The molecule has 1 fully saturated rings. The lowest BCUT2D eigenvalue weighted by atomic mass is 9.96. The van der Waals surface area contributed by atoms with Crippen LogP contribution in [0.15, 0.2) is 53.4 Å². The first kappa shape index (κ1) is 23.5. The fourth-order valence-electron chi connectivity index (χ4n) is 3.38. The number of amides is 2. The number of likely N-dealkylation sites (tertiary alicyclic amines) is 1. The van der Waals surface area contributed by atoms with E-state index < -0.39 is 10.0 Å². The van der Waals surface area contributed by atoms with Gasteiger partial charge in [0, 0.05) is 41.8 Å². The fourth-order valence-corrected chi connectivity index (χ4v) is 4.84. The number of halogens is 2. The van der Waals surface area contributed by atoms with Gasteiger partial charge < -0.3 is 10.2 Å². The van der Waals surface area contributed by atoms with Crippen LogP contribution in [0.1, 0.15) is 23.2 Å². The van der Waals surface area contributed by atoms with Gasteiger partial charge in [0.15, 0.2) is 0 Å². The second kappa shape index (κ2) is 10.5. The summed E-state index contributed by atoms with van der Waals surface area (Å²) in [7, 11) is -3.71. The number of carbonyl (C=O) groups is 2. The Balaban J connectivity index is 1.48. The summed E-state index contributed by atoms with van der Waals surface area (Å²) in [6, 6.07) is 12.6. The quantitative estimate of drug-likeness (QED) is 0.591. The maximum Gasteiger partial charge on any atom is 0.253 e. The van der Waals surface area contributed by atoms with Crippen molar-refractivity contribution in [1.29, 1.82) is 0 Å². The fraction of sp³-hybridized carbons (Fsp3) is 0.333. The molecular weight excluding hydrogens is 461 g/mol. The third kappa shape index (κ3) is 6.43. The number of nitrogens with zero attached hydrogens (tertiary/aromatic N) is 1. The Morgan fingerprint density at radius 3 is 2.48 bits per heavy atom. The first-order chi connectivity index (χ1) is 14.8. The van der Waals surface area contributed by atoms with Crippen molar-refractivity contribution in [2.45, 2.75) is 17.7 Å². The molecule has 0 aromatic heterocycles. The van der Waals surface area contributed by atoms with E-state index in [-0.39, 0.29) is 35.7 Å². The van der Waals surface area contributed by atoms with E-state index in [1.807, 2.05) is 0 Å². The standard InChI is InChI=1S/C21H23Cl2N3O4S/c22-17-8-6-15(7-9-17)21(28)26-12-2-3-16(14-26)20(27)24-10-11-25-31(29,30)19-5-1-4-18(23)13-19/h1,4-9,13,16,25H,2-3,10-12,14H2,(H,24,27). The van der Waals surface area contributed by atoms with Crippen molar-refractivity contribution in [3.05, 3.63) is 64.1 Å². The van der Waals surface area contributed by atoms with Crippen molar-refractivity contribution >= 4 is 45.0 Å². The molecule has 1 atom stereocenters. The van der Waals surface area contributed by atoms with Crippen molar-refractivity contribution in [3.63, 3.8) is 0 Å². The molecule has 10 heteroatoms. The van der Waals surface area contributed by atoms with Crippen LogP contribution in [0.4, 0.5) is 0 Å². The Hall–Kier alpha value is -2.13. The number of piperidine rings is 1. The van der Waals surface area contributed by atoms with Gasteiger partial charge in [-0.3, -0.25) is 9.59 Å². The topological polar surface area (TPSA) is 95.6 Å². The largest absolute Gasteiger partial charge is 0.354 e. The number of hydrogen-bond donors (Lipinski definition) is 2. The van der Waals surface area contributed by atoms with E-state index in [4.69, 9.17) is 23.2 Å². The third-order valence-electron chi connectivity index (χ3n) is 4.99. The zero-order valence-electron chi connectivity index (χ0n) is 16.7. The Kier molecular flexibility index (Phi) is 7.94. The van der Waals surface area contributed by atoms with Crippen molar-refractivity contribution in [1.82, 2.24) is 14.9 Å². The predicted octanol–water partition coefficient (Wildman–Crippen LogP) is 2.94. The van der Waals surface area contributed by atoms with Crippen molar-refractivity contribution in [2.24, 2.45) is 5.92 Å². The Bertz CT molecular complexity index is 1040. The molecule has 31 heavy (non-hydrogen) atoms. The molecule has 2 N–H and O–H groups in total. The lowest BCUT2D eigenvalue weighted by Gasteiger charge is -2.32. The van der Waals surface area contributed by atoms with Gasteiger partial charge >= 0.3 is 0 Å². The van der Waals surface area contributed by atoms with Crippen LogP contribution in [0.2, 0.25) is 10.0 Å². The van der Waals surface area contributed by atoms with E-state index in [0.29, 0.717) is 35.1 Å². The average Bonchev–Trinajstić information content (AvgIpc) is 2.77. The zero-order valence-corrected chi connectivity index (χ0v) is 19.0. The minimum atomic E-state index is -3.71. The number of carbonyl (C=O) groups excluding carboxylic acids is 2. The number of sulfonamides is 1. The van der Waals surface area contributed by atoms with Gasteiger partial charge in [-0.05, 0) is 55.3 Å². The summed E-state index contributed by atoms with van der Waals surface area (Å²) < 4.78 is 27.0. The van der Waals surface area contributed by atoms with Gasteiger partial charge in [0.2, 0.25) is 15.9 Å². The molecule has 1 saturated heterocycles. The third-order valence-corrected chi connectivity index (χ3v) is 6.94. The Morgan fingerprint density at radius 2 is 1.77 bits per heavy atom. The van der Waals surface area contributed by atoms with Gasteiger partial charge in [0.05, 0.1) is 10.8 Å². The second-order valence-electron chi connectivity index (χ2n) is 7.24. The highest BCUT2D eigenvalue weighted by atomic mass is 35.5. The number of nitrogens with one attached hydrogen (secondary N) is 2. The number of hydrogen-bond acceptors (Lipinski definition) is 4. The van der Waals surface area contributed by atoms with Crippen molar-refractivity contribution < 1.29 is 18.0 Å². The van der Waals surface area contributed by atoms with Crippen LogP contribution in [-0.2, 0) is 14.8 Å². The van der Waals surface area contributed by atoms with Crippen LogP contribution in [0.25, 0.3) is 0 Å². The van der Waals surface area contributed by atoms with E-state index in [1.165, 1.54) is 12.1 Å². The summed E-state index contributed by atoms with van der Waals surface area (Å²) in [6.07, 6.45) is 1.39. The molecular formula is C21H23Cl2N3O4S. The highest BCUT2D eigenvalue weighted by Crippen LogP contribution is 2.20. The Morgan fingerprint density at radius 1 is 1.03 bits per heavy atom. The molecule has 2 aromatic rings. The van der Waals surface area contributed by atoms with Gasteiger partial charge in [-0.1, -0.05) is 29.3 Å². The highest BCUT2D eigenvalue weighted by molar-refractivity contribution is 7.89. The molecule has 1 aliphatic heterocycles. The minimum absolute atomic E-state index is 0.0424. The van der Waals surface area contributed by atoms with Gasteiger partial charge in [0.1, 0.15) is 0 Å². The Labute approximate surface area is 191 Å². The van der Waals surface area contributed by atoms with Gasteiger partial charge in [-0.2, -0.15) is 0 Å².